The first-order valence-electron chi connectivity index (χ1n) is 6.58. The highest BCUT2D eigenvalue weighted by Crippen LogP contribution is 2.28. The fraction of sp³-hybridized carbons (Fsp3) is 0.267. The predicted octanol–water partition coefficient (Wildman–Crippen LogP) is 2.09. The van der Waals surface area contributed by atoms with E-state index in [4.69, 9.17) is 5.26 Å². The molecule has 21 heavy (non-hydrogen) atoms. The maximum Gasteiger partial charge on any atom is 0.217 e. The Hall–Kier alpha value is -2.68. The molecule has 1 N–H and O–H groups in total. The van der Waals surface area contributed by atoms with Crippen molar-refractivity contribution in [3.8, 4) is 11.9 Å². The Balaban J connectivity index is 1.91. The number of rotatable bonds is 2. The lowest BCUT2D eigenvalue weighted by molar-refractivity contribution is 0.439. The fourth-order valence-corrected chi connectivity index (χ4v) is 2.55. The zero-order valence-electron chi connectivity index (χ0n) is 11.3. The number of nitriles is 1. The second-order valence-electron chi connectivity index (χ2n) is 4.88. The van der Waals surface area contributed by atoms with E-state index in [-0.39, 0.29) is 5.88 Å². The van der Waals surface area contributed by atoms with Gasteiger partial charge in [0, 0.05) is 23.4 Å². The minimum Gasteiger partial charge on any atom is -0.493 e. The summed E-state index contributed by atoms with van der Waals surface area (Å²) in [6.45, 7) is 0.554. The van der Waals surface area contributed by atoms with E-state index in [2.05, 4.69) is 14.9 Å². The van der Waals surface area contributed by atoms with Crippen LogP contribution in [0, 0.1) is 11.3 Å². The average Bonchev–Trinajstić information content (AvgIpc) is 2.54. The minimum absolute atomic E-state index is 0.0314. The van der Waals surface area contributed by atoms with Crippen molar-refractivity contribution in [2.75, 3.05) is 11.4 Å². The molecule has 1 aromatic carbocycles. The van der Waals surface area contributed by atoms with Gasteiger partial charge in [0.1, 0.15) is 13.0 Å². The number of nitrogens with zero attached hydrogens (tertiary/aromatic N) is 4. The van der Waals surface area contributed by atoms with E-state index in [1.807, 2.05) is 12.1 Å². The van der Waals surface area contributed by atoms with E-state index in [1.54, 1.807) is 12.1 Å². The summed E-state index contributed by atoms with van der Waals surface area (Å²) in [5.74, 6) is 0.0314. The van der Waals surface area contributed by atoms with E-state index in [0.717, 1.165) is 16.9 Å². The van der Waals surface area contributed by atoms with E-state index in [1.165, 1.54) is 6.33 Å². The molecule has 2 aromatic rings. The summed E-state index contributed by atoms with van der Waals surface area (Å²) in [5.41, 5.74) is 3.16. The van der Waals surface area contributed by atoms with Gasteiger partial charge in [0.05, 0.1) is 23.9 Å². The van der Waals surface area contributed by atoms with Crippen molar-refractivity contribution in [2.45, 2.75) is 19.6 Å². The van der Waals surface area contributed by atoms with Crippen LogP contribution in [0.2, 0.25) is 0 Å². The quantitative estimate of drug-likeness (QED) is 0.914. The van der Waals surface area contributed by atoms with Crippen molar-refractivity contribution in [1.29, 1.82) is 5.26 Å². The number of aromatic hydroxyl groups is 1. The topological polar surface area (TPSA) is 73.0 Å². The summed E-state index contributed by atoms with van der Waals surface area (Å²) in [7, 11) is 0. The van der Waals surface area contributed by atoms with Gasteiger partial charge in [-0.2, -0.15) is 5.26 Å². The molecule has 1 aromatic heterocycles. The van der Waals surface area contributed by atoms with Crippen LogP contribution in [-0.4, -0.2) is 21.6 Å². The van der Waals surface area contributed by atoms with Crippen LogP contribution in [0.1, 0.15) is 22.4 Å². The molecule has 0 amide bonds. The van der Waals surface area contributed by atoms with E-state index in [9.17, 15) is 9.50 Å². The molecule has 0 radical (unpaired) electrons. The Labute approximate surface area is 121 Å². The molecular formula is C15H13FN4O. The lowest BCUT2D eigenvalue weighted by Crippen LogP contribution is -2.31. The summed E-state index contributed by atoms with van der Waals surface area (Å²) in [4.78, 5) is 10.0. The largest absolute Gasteiger partial charge is 0.493 e. The molecule has 1 aliphatic rings. The van der Waals surface area contributed by atoms with Crippen molar-refractivity contribution >= 4 is 5.69 Å². The zero-order valence-corrected chi connectivity index (χ0v) is 11.3. The molecular weight excluding hydrogens is 271 g/mol. The second kappa shape index (κ2) is 5.37. The third-order valence-corrected chi connectivity index (χ3v) is 3.70. The second-order valence-corrected chi connectivity index (χ2v) is 4.88. The van der Waals surface area contributed by atoms with Crippen molar-refractivity contribution in [3.63, 3.8) is 0 Å². The fourth-order valence-electron chi connectivity index (χ4n) is 2.55. The minimum atomic E-state index is -0.663. The molecule has 6 heteroatoms. The number of aromatic nitrogens is 2. The van der Waals surface area contributed by atoms with Crippen molar-refractivity contribution in [1.82, 2.24) is 9.97 Å². The van der Waals surface area contributed by atoms with Crippen molar-refractivity contribution < 1.29 is 9.50 Å². The third kappa shape index (κ3) is 2.38. The Morgan fingerprint density at radius 2 is 2.24 bits per heavy atom. The highest BCUT2D eigenvalue weighted by molar-refractivity contribution is 5.55. The summed E-state index contributed by atoms with van der Waals surface area (Å²) < 4.78 is 13.0. The maximum absolute atomic E-state index is 13.0. The normalized spacial score (nSPS) is 13.6. The molecule has 0 bridgehead atoms. The molecule has 0 aliphatic carbocycles. The summed E-state index contributed by atoms with van der Waals surface area (Å²) >= 11 is 0. The molecule has 0 fully saturated rings. The van der Waals surface area contributed by atoms with Gasteiger partial charge in [-0.15, -0.1) is 0 Å². The highest BCUT2D eigenvalue weighted by atomic mass is 19.1. The van der Waals surface area contributed by atoms with E-state index >= 15 is 0 Å². The lowest BCUT2D eigenvalue weighted by atomic mass is 10.0. The zero-order chi connectivity index (χ0) is 14.8. The van der Waals surface area contributed by atoms with Crippen molar-refractivity contribution in [3.05, 3.63) is 46.9 Å². The number of hydrogen-bond donors (Lipinski definition) is 1. The summed E-state index contributed by atoms with van der Waals surface area (Å²) in [5, 5.41) is 18.6. The molecule has 0 saturated carbocycles. The number of alkyl halides is 1. The summed E-state index contributed by atoms with van der Waals surface area (Å²) in [6.07, 6.45) is 1.97. The van der Waals surface area contributed by atoms with Gasteiger partial charge in [-0.3, -0.25) is 0 Å². The Morgan fingerprint density at radius 3 is 3.00 bits per heavy atom. The van der Waals surface area contributed by atoms with E-state index in [0.29, 0.717) is 30.6 Å². The van der Waals surface area contributed by atoms with Crippen LogP contribution < -0.4 is 4.90 Å². The molecule has 2 heterocycles. The first kappa shape index (κ1) is 13.3. The van der Waals surface area contributed by atoms with Crippen LogP contribution in [-0.2, 0) is 19.6 Å². The molecule has 0 spiro atoms. The van der Waals surface area contributed by atoms with Gasteiger partial charge in [-0.1, -0.05) is 0 Å². The number of hydrogen-bond acceptors (Lipinski definition) is 5. The first-order valence-corrected chi connectivity index (χ1v) is 6.58. The lowest BCUT2D eigenvalue weighted by Gasteiger charge is -2.30. The molecule has 0 atom stereocenters. The number of anilines is 1. The van der Waals surface area contributed by atoms with Crippen LogP contribution in [0.3, 0.4) is 0 Å². The molecule has 0 unspecified atom stereocenters. The molecule has 3 rings (SSSR count). The van der Waals surface area contributed by atoms with Crippen LogP contribution >= 0.6 is 0 Å². The monoisotopic (exact) mass is 284 g/mol. The average molecular weight is 284 g/mol. The van der Waals surface area contributed by atoms with Gasteiger partial charge in [-0.05, 0) is 24.6 Å². The Bertz CT molecular complexity index is 726. The van der Waals surface area contributed by atoms with Crippen LogP contribution in [0.15, 0.2) is 24.5 Å². The molecule has 0 saturated heterocycles. The Morgan fingerprint density at radius 1 is 1.38 bits per heavy atom. The molecule has 106 valence electrons. The van der Waals surface area contributed by atoms with Gasteiger partial charge in [0.15, 0.2) is 0 Å². The van der Waals surface area contributed by atoms with Crippen LogP contribution in [0.5, 0.6) is 5.88 Å². The van der Waals surface area contributed by atoms with Gasteiger partial charge in [0.25, 0.3) is 0 Å². The first-order chi connectivity index (χ1) is 10.2. The molecule has 1 aliphatic heterocycles. The predicted molar refractivity (Wildman–Crippen MR) is 74.4 cm³/mol. The standard InChI is InChI=1S/C15H13FN4O/c16-6-11-5-12(2-1-10(11)7-17)20-4-3-13-14(8-20)18-9-19-15(13)21/h1-2,5,9H,3-4,6,8H2,(H,18,19,21). The number of halogens is 1. The van der Waals surface area contributed by atoms with Crippen LogP contribution in [0.25, 0.3) is 0 Å². The highest BCUT2D eigenvalue weighted by Gasteiger charge is 2.21. The number of benzene rings is 1. The third-order valence-electron chi connectivity index (χ3n) is 3.70. The summed E-state index contributed by atoms with van der Waals surface area (Å²) in [6, 6.07) is 7.13. The maximum atomic E-state index is 13.0. The van der Waals surface area contributed by atoms with Gasteiger partial charge in [-0.25, -0.2) is 14.4 Å². The number of fused-ring (bicyclic) bond motifs is 1. The van der Waals surface area contributed by atoms with Gasteiger partial charge in [0.2, 0.25) is 5.88 Å². The van der Waals surface area contributed by atoms with Gasteiger partial charge >= 0.3 is 0 Å². The van der Waals surface area contributed by atoms with Gasteiger partial charge < -0.3 is 10.0 Å². The Kier molecular flexibility index (Phi) is 3.40. The smallest absolute Gasteiger partial charge is 0.217 e. The van der Waals surface area contributed by atoms with Crippen molar-refractivity contribution in [2.24, 2.45) is 0 Å². The molecule has 5 nitrogen and oxygen atoms in total. The SMILES string of the molecule is N#Cc1ccc(N2CCc3c(O)ncnc3C2)cc1CF. The van der Waals surface area contributed by atoms with E-state index < -0.39 is 6.67 Å². The van der Waals surface area contributed by atoms with Crippen LogP contribution in [0.4, 0.5) is 10.1 Å².